The number of pyridine rings is 1. The fourth-order valence-electron chi connectivity index (χ4n) is 2.95. The molecule has 3 N–H and O–H groups in total. The number of hydrogen-bond acceptors (Lipinski definition) is 6. The first kappa shape index (κ1) is 21.6. The molecule has 31 heavy (non-hydrogen) atoms. The van der Waals surface area contributed by atoms with E-state index in [-0.39, 0.29) is 17.4 Å². The third-order valence-corrected chi connectivity index (χ3v) is 5.63. The van der Waals surface area contributed by atoms with Gasteiger partial charge < -0.3 is 20.4 Å². The molecule has 1 aliphatic heterocycles. The monoisotopic (exact) mass is 522 g/mol. The highest BCUT2D eigenvalue weighted by atomic mass is 79.9. The summed E-state index contributed by atoms with van der Waals surface area (Å²) in [6, 6.07) is 8.52. The number of benzene rings is 1. The van der Waals surface area contributed by atoms with Crippen molar-refractivity contribution in [3.8, 4) is 5.88 Å². The summed E-state index contributed by atoms with van der Waals surface area (Å²) in [6.07, 6.45) is 3.11. The highest BCUT2D eigenvalue weighted by Crippen LogP contribution is 2.26. The third-order valence-electron chi connectivity index (χ3n) is 4.40. The van der Waals surface area contributed by atoms with Crippen LogP contribution in [0.25, 0.3) is 11.2 Å². The molecule has 2 atom stereocenters. The Morgan fingerprint density at radius 1 is 1.29 bits per heavy atom. The number of nitrogens with one attached hydrogen (secondary N) is 3. The zero-order valence-electron chi connectivity index (χ0n) is 16.2. The zero-order chi connectivity index (χ0) is 22.0. The summed E-state index contributed by atoms with van der Waals surface area (Å²) < 4.78 is 6.51. The molecule has 0 bridgehead atoms. The molecule has 1 aromatic carbocycles. The number of carbonyl (C=O) groups excluding carboxylic acids is 1. The van der Waals surface area contributed by atoms with E-state index in [1.54, 1.807) is 24.4 Å². The molecule has 1 aliphatic rings. The van der Waals surface area contributed by atoms with Gasteiger partial charge in [-0.25, -0.2) is 0 Å². The van der Waals surface area contributed by atoms with Crippen LogP contribution in [-0.4, -0.2) is 45.1 Å². The van der Waals surface area contributed by atoms with Crippen LogP contribution in [0.2, 0.25) is 0 Å². The van der Waals surface area contributed by atoms with E-state index in [2.05, 4.69) is 46.5 Å². The number of aromatic nitrogens is 3. The van der Waals surface area contributed by atoms with Crippen molar-refractivity contribution in [3.05, 3.63) is 51.6 Å². The average Bonchev–Trinajstić information content (AvgIpc) is 3.13. The topological polar surface area (TPSA) is 104 Å². The summed E-state index contributed by atoms with van der Waals surface area (Å²) in [7, 11) is 0. The van der Waals surface area contributed by atoms with E-state index in [0.717, 1.165) is 4.47 Å². The standard InChI is InChI=1S/C20H17BrCl2N6O2/c1-2-31-19-12(18(30)25-11-5-3-10(21)4-6-11)7-15-17(28-19)29-20(26-15)27-16-13(22)8-24-9-14(16)23/h3-9,13,16H,2H2,1H3,(H,25,30)(H2,26,27,28,29). The van der Waals surface area contributed by atoms with E-state index >= 15 is 0 Å². The number of nitrogens with zero attached hydrogens (tertiary/aromatic N) is 3. The summed E-state index contributed by atoms with van der Waals surface area (Å²) in [5.41, 5.74) is 1.88. The number of hydrogen-bond donors (Lipinski definition) is 3. The van der Waals surface area contributed by atoms with Crippen LogP contribution in [0.3, 0.4) is 0 Å². The molecule has 3 aromatic rings. The molecule has 3 heterocycles. The molecule has 11 heteroatoms. The number of H-pyrrole nitrogens is 1. The molecular weight excluding hydrogens is 507 g/mol. The molecule has 0 saturated carbocycles. The Balaban J connectivity index is 1.63. The van der Waals surface area contributed by atoms with Crippen molar-refractivity contribution in [3.63, 3.8) is 0 Å². The van der Waals surface area contributed by atoms with Crippen molar-refractivity contribution >= 4 is 74.1 Å². The first-order valence-corrected chi connectivity index (χ1v) is 10.9. The number of carbonyl (C=O) groups is 1. The van der Waals surface area contributed by atoms with Gasteiger partial charge in [0.05, 0.1) is 28.6 Å². The molecule has 0 radical (unpaired) electrons. The van der Waals surface area contributed by atoms with Crippen molar-refractivity contribution in [2.75, 3.05) is 17.2 Å². The van der Waals surface area contributed by atoms with Gasteiger partial charge in [-0.3, -0.25) is 9.79 Å². The van der Waals surface area contributed by atoms with Gasteiger partial charge >= 0.3 is 0 Å². The summed E-state index contributed by atoms with van der Waals surface area (Å²) >= 11 is 15.9. The van der Waals surface area contributed by atoms with E-state index in [1.165, 1.54) is 6.20 Å². The smallest absolute Gasteiger partial charge is 0.261 e. The number of alkyl halides is 1. The Labute approximate surface area is 196 Å². The third kappa shape index (κ3) is 4.84. The van der Waals surface area contributed by atoms with Gasteiger partial charge in [-0.05, 0) is 37.3 Å². The Hall–Kier alpha value is -2.62. The van der Waals surface area contributed by atoms with Gasteiger partial charge in [0.25, 0.3) is 5.91 Å². The number of aliphatic imine (C=N–C) groups is 1. The molecule has 0 spiro atoms. The summed E-state index contributed by atoms with van der Waals surface area (Å²) in [5, 5.41) is 6.00. The minimum Gasteiger partial charge on any atom is -0.477 e. The van der Waals surface area contributed by atoms with Gasteiger partial charge in [0.15, 0.2) is 5.65 Å². The molecule has 0 aliphatic carbocycles. The van der Waals surface area contributed by atoms with Gasteiger partial charge in [0.2, 0.25) is 11.8 Å². The van der Waals surface area contributed by atoms with Crippen LogP contribution in [0.5, 0.6) is 5.88 Å². The van der Waals surface area contributed by atoms with Crippen LogP contribution < -0.4 is 15.4 Å². The number of rotatable bonds is 6. The maximum Gasteiger partial charge on any atom is 0.261 e. The average molecular weight is 524 g/mol. The van der Waals surface area contributed by atoms with Crippen LogP contribution in [0.1, 0.15) is 17.3 Å². The van der Waals surface area contributed by atoms with Crippen LogP contribution in [-0.2, 0) is 0 Å². The minimum absolute atomic E-state index is 0.195. The number of imidazole rings is 1. The first-order chi connectivity index (χ1) is 14.9. The van der Waals surface area contributed by atoms with Crippen molar-refractivity contribution < 1.29 is 9.53 Å². The Morgan fingerprint density at radius 3 is 2.77 bits per heavy atom. The number of ether oxygens (including phenoxy) is 1. The second kappa shape index (κ2) is 9.25. The minimum atomic E-state index is -0.440. The lowest BCUT2D eigenvalue weighted by Gasteiger charge is -2.21. The Bertz CT molecular complexity index is 1180. The molecule has 1 amide bonds. The fraction of sp³-hybridized carbons (Fsp3) is 0.200. The number of aromatic amines is 1. The molecule has 8 nitrogen and oxygen atoms in total. The fourth-order valence-corrected chi connectivity index (χ4v) is 3.79. The van der Waals surface area contributed by atoms with Crippen LogP contribution in [0, 0.1) is 0 Å². The van der Waals surface area contributed by atoms with Crippen LogP contribution >= 0.6 is 39.1 Å². The second-order valence-electron chi connectivity index (χ2n) is 6.57. The second-order valence-corrected chi connectivity index (χ2v) is 8.43. The molecule has 2 aromatic heterocycles. The molecule has 2 unspecified atom stereocenters. The molecule has 0 fully saturated rings. The lowest BCUT2D eigenvalue weighted by molar-refractivity contribution is 0.102. The van der Waals surface area contributed by atoms with Gasteiger partial charge in [0.1, 0.15) is 5.56 Å². The molecule has 160 valence electrons. The normalized spacial score (nSPS) is 18.0. The SMILES string of the molecule is CCOc1nc2nc(NC3C(Cl)=CN=CC3Cl)[nH]c2cc1C(=O)Nc1ccc(Br)cc1. The van der Waals surface area contributed by atoms with Gasteiger partial charge in [-0.2, -0.15) is 9.97 Å². The summed E-state index contributed by atoms with van der Waals surface area (Å²) in [6.45, 7) is 2.17. The van der Waals surface area contributed by atoms with Crippen molar-refractivity contribution in [2.24, 2.45) is 4.99 Å². The number of halogens is 3. The molecule has 4 rings (SSSR count). The number of fused-ring (bicyclic) bond motifs is 1. The largest absolute Gasteiger partial charge is 0.477 e. The van der Waals surface area contributed by atoms with E-state index in [4.69, 9.17) is 27.9 Å². The van der Waals surface area contributed by atoms with E-state index in [0.29, 0.717) is 34.4 Å². The van der Waals surface area contributed by atoms with Crippen molar-refractivity contribution in [1.29, 1.82) is 0 Å². The molecule has 0 saturated heterocycles. The van der Waals surface area contributed by atoms with Gasteiger partial charge in [-0.1, -0.05) is 27.5 Å². The summed E-state index contributed by atoms with van der Waals surface area (Å²) in [5.74, 6) is 0.257. The maximum absolute atomic E-state index is 12.9. The highest BCUT2D eigenvalue weighted by Gasteiger charge is 2.25. The quantitative estimate of drug-likeness (QED) is 0.397. The predicted molar refractivity (Wildman–Crippen MR) is 127 cm³/mol. The predicted octanol–water partition coefficient (Wildman–Crippen LogP) is 4.92. The lowest BCUT2D eigenvalue weighted by Crippen LogP contribution is -2.33. The zero-order valence-corrected chi connectivity index (χ0v) is 19.3. The van der Waals surface area contributed by atoms with E-state index in [1.807, 2.05) is 19.1 Å². The number of amides is 1. The van der Waals surface area contributed by atoms with E-state index < -0.39 is 11.4 Å². The van der Waals surface area contributed by atoms with Crippen molar-refractivity contribution in [2.45, 2.75) is 18.3 Å². The Morgan fingerprint density at radius 2 is 2.06 bits per heavy atom. The summed E-state index contributed by atoms with van der Waals surface area (Å²) in [4.78, 5) is 28.8. The van der Waals surface area contributed by atoms with Crippen LogP contribution in [0.4, 0.5) is 11.6 Å². The van der Waals surface area contributed by atoms with Gasteiger partial charge in [0, 0.05) is 22.6 Å². The van der Waals surface area contributed by atoms with Crippen LogP contribution in [0.15, 0.2) is 51.0 Å². The van der Waals surface area contributed by atoms with E-state index in [9.17, 15) is 4.79 Å². The maximum atomic E-state index is 12.9. The van der Waals surface area contributed by atoms with Gasteiger partial charge in [-0.15, -0.1) is 11.6 Å². The highest BCUT2D eigenvalue weighted by molar-refractivity contribution is 9.10. The van der Waals surface area contributed by atoms with Crippen molar-refractivity contribution in [1.82, 2.24) is 15.0 Å². The number of anilines is 2. The lowest BCUT2D eigenvalue weighted by atomic mass is 10.2. The molecular formula is C20H17BrCl2N6O2. The Kier molecular flexibility index (Phi) is 6.45. The first-order valence-electron chi connectivity index (χ1n) is 9.34.